The van der Waals surface area contributed by atoms with E-state index in [9.17, 15) is 4.39 Å². The first-order valence-corrected chi connectivity index (χ1v) is 5.49. The summed E-state index contributed by atoms with van der Waals surface area (Å²) in [4.78, 5) is 0. The fourth-order valence-electron chi connectivity index (χ4n) is 2.08. The minimum atomic E-state index is -0.179. The van der Waals surface area contributed by atoms with Crippen LogP contribution in [0.25, 0.3) is 0 Å². The molecule has 1 aromatic rings. The van der Waals surface area contributed by atoms with E-state index in [2.05, 4.69) is 17.6 Å². The van der Waals surface area contributed by atoms with Gasteiger partial charge in [-0.25, -0.2) is 4.39 Å². The summed E-state index contributed by atoms with van der Waals surface area (Å²) in [5.41, 5.74) is 0.883. The Kier molecular flexibility index (Phi) is 3.21. The fourth-order valence-corrected chi connectivity index (χ4v) is 2.08. The van der Waals surface area contributed by atoms with E-state index in [1.807, 2.05) is 6.07 Å². The van der Waals surface area contributed by atoms with Crippen molar-refractivity contribution < 1.29 is 4.39 Å². The summed E-state index contributed by atoms with van der Waals surface area (Å²) in [6.45, 7) is 3.22. The highest BCUT2D eigenvalue weighted by molar-refractivity contribution is 5.44. The Labute approximate surface area is 89.9 Å². The molecule has 1 heterocycles. The molecule has 0 amide bonds. The first kappa shape index (κ1) is 10.4. The minimum absolute atomic E-state index is 0.179. The van der Waals surface area contributed by atoms with Crippen LogP contribution in [0.2, 0.25) is 0 Å². The first-order chi connectivity index (χ1) is 7.24. The third-order valence-electron chi connectivity index (χ3n) is 2.82. The van der Waals surface area contributed by atoms with Crippen LogP contribution in [0.5, 0.6) is 0 Å². The van der Waals surface area contributed by atoms with Crippen molar-refractivity contribution in [1.82, 2.24) is 5.32 Å². The SMILES string of the molecule is C[C@H]1C[C@H](Nc2cccc(F)c2)CCN1. The Balaban J connectivity index is 1.96. The lowest BCUT2D eigenvalue weighted by molar-refractivity contribution is 0.396. The van der Waals surface area contributed by atoms with E-state index in [0.717, 1.165) is 25.1 Å². The van der Waals surface area contributed by atoms with Gasteiger partial charge in [0, 0.05) is 17.8 Å². The minimum Gasteiger partial charge on any atom is -0.382 e. The summed E-state index contributed by atoms with van der Waals surface area (Å²) in [6.07, 6.45) is 2.19. The van der Waals surface area contributed by atoms with Crippen LogP contribution in [0.1, 0.15) is 19.8 Å². The normalized spacial score (nSPS) is 26.3. The van der Waals surface area contributed by atoms with Crippen molar-refractivity contribution in [2.24, 2.45) is 0 Å². The lowest BCUT2D eigenvalue weighted by atomic mass is 10.0. The molecule has 1 saturated heterocycles. The highest BCUT2D eigenvalue weighted by atomic mass is 19.1. The fraction of sp³-hybridized carbons (Fsp3) is 0.500. The molecule has 0 radical (unpaired) electrons. The highest BCUT2D eigenvalue weighted by Gasteiger charge is 2.17. The van der Waals surface area contributed by atoms with E-state index in [-0.39, 0.29) is 5.82 Å². The maximum atomic E-state index is 12.9. The molecule has 0 bridgehead atoms. The molecule has 2 rings (SSSR count). The van der Waals surface area contributed by atoms with Crippen LogP contribution in [0.3, 0.4) is 0 Å². The summed E-state index contributed by atoms with van der Waals surface area (Å²) in [6, 6.07) is 7.67. The van der Waals surface area contributed by atoms with Gasteiger partial charge < -0.3 is 10.6 Å². The van der Waals surface area contributed by atoms with E-state index in [4.69, 9.17) is 0 Å². The van der Waals surface area contributed by atoms with Gasteiger partial charge in [0.25, 0.3) is 0 Å². The molecule has 15 heavy (non-hydrogen) atoms. The van der Waals surface area contributed by atoms with Gasteiger partial charge in [-0.2, -0.15) is 0 Å². The number of benzene rings is 1. The van der Waals surface area contributed by atoms with Gasteiger partial charge in [0.05, 0.1) is 0 Å². The highest BCUT2D eigenvalue weighted by Crippen LogP contribution is 2.16. The average molecular weight is 208 g/mol. The maximum Gasteiger partial charge on any atom is 0.125 e. The van der Waals surface area contributed by atoms with Crippen LogP contribution >= 0.6 is 0 Å². The third-order valence-corrected chi connectivity index (χ3v) is 2.82. The number of halogens is 1. The van der Waals surface area contributed by atoms with E-state index in [0.29, 0.717) is 12.1 Å². The summed E-state index contributed by atoms with van der Waals surface area (Å²) in [5.74, 6) is -0.179. The number of nitrogens with one attached hydrogen (secondary N) is 2. The van der Waals surface area contributed by atoms with E-state index >= 15 is 0 Å². The third kappa shape index (κ3) is 2.93. The summed E-state index contributed by atoms with van der Waals surface area (Å²) in [5, 5.41) is 6.77. The van der Waals surface area contributed by atoms with Crippen LogP contribution in [0.15, 0.2) is 24.3 Å². The molecular weight excluding hydrogens is 191 g/mol. The molecule has 0 saturated carbocycles. The van der Waals surface area contributed by atoms with Crippen molar-refractivity contribution in [3.05, 3.63) is 30.1 Å². The number of rotatable bonds is 2. The van der Waals surface area contributed by atoms with Crippen molar-refractivity contribution in [2.45, 2.75) is 31.8 Å². The Hall–Kier alpha value is -1.09. The van der Waals surface area contributed by atoms with Gasteiger partial charge in [0.2, 0.25) is 0 Å². The second-order valence-corrected chi connectivity index (χ2v) is 4.23. The zero-order valence-corrected chi connectivity index (χ0v) is 8.96. The summed E-state index contributed by atoms with van der Waals surface area (Å²) in [7, 11) is 0. The predicted molar refractivity (Wildman–Crippen MR) is 60.5 cm³/mol. The largest absolute Gasteiger partial charge is 0.382 e. The van der Waals surface area contributed by atoms with E-state index in [1.165, 1.54) is 6.07 Å². The van der Waals surface area contributed by atoms with E-state index in [1.54, 1.807) is 12.1 Å². The van der Waals surface area contributed by atoms with Crippen molar-refractivity contribution >= 4 is 5.69 Å². The Morgan fingerprint density at radius 1 is 1.47 bits per heavy atom. The molecule has 0 unspecified atom stereocenters. The molecule has 2 N–H and O–H groups in total. The Bertz CT molecular complexity index is 327. The average Bonchev–Trinajstić information content (AvgIpc) is 2.17. The second kappa shape index (κ2) is 4.62. The lowest BCUT2D eigenvalue weighted by Gasteiger charge is -2.29. The molecule has 2 nitrogen and oxygen atoms in total. The van der Waals surface area contributed by atoms with Gasteiger partial charge in [-0.05, 0) is 44.5 Å². The quantitative estimate of drug-likeness (QED) is 0.779. The molecule has 1 aliphatic rings. The van der Waals surface area contributed by atoms with Crippen molar-refractivity contribution in [3.8, 4) is 0 Å². The lowest BCUT2D eigenvalue weighted by Crippen LogP contribution is -2.41. The smallest absolute Gasteiger partial charge is 0.125 e. The Morgan fingerprint density at radius 2 is 2.33 bits per heavy atom. The molecule has 1 aromatic carbocycles. The Morgan fingerprint density at radius 3 is 3.07 bits per heavy atom. The number of hydrogen-bond donors (Lipinski definition) is 2. The molecule has 2 atom stereocenters. The van der Waals surface area contributed by atoms with Gasteiger partial charge in [-0.15, -0.1) is 0 Å². The molecule has 0 spiro atoms. The zero-order chi connectivity index (χ0) is 10.7. The molecule has 0 aromatic heterocycles. The zero-order valence-electron chi connectivity index (χ0n) is 8.96. The number of hydrogen-bond acceptors (Lipinski definition) is 2. The first-order valence-electron chi connectivity index (χ1n) is 5.49. The molecule has 82 valence electrons. The monoisotopic (exact) mass is 208 g/mol. The van der Waals surface area contributed by atoms with Crippen LogP contribution in [0.4, 0.5) is 10.1 Å². The van der Waals surface area contributed by atoms with Crippen LogP contribution in [-0.2, 0) is 0 Å². The predicted octanol–water partition coefficient (Wildman–Crippen LogP) is 2.38. The molecule has 3 heteroatoms. The standard InChI is InChI=1S/C12H17FN2/c1-9-7-12(5-6-14-9)15-11-4-2-3-10(13)8-11/h2-4,8-9,12,14-15H,5-7H2,1H3/t9-,12+/m0/s1. The van der Waals surface area contributed by atoms with Gasteiger partial charge in [0.1, 0.15) is 5.82 Å². The number of piperidine rings is 1. The number of anilines is 1. The maximum absolute atomic E-state index is 12.9. The van der Waals surface area contributed by atoms with Gasteiger partial charge in [-0.3, -0.25) is 0 Å². The van der Waals surface area contributed by atoms with Crippen LogP contribution < -0.4 is 10.6 Å². The second-order valence-electron chi connectivity index (χ2n) is 4.23. The topological polar surface area (TPSA) is 24.1 Å². The van der Waals surface area contributed by atoms with Crippen LogP contribution in [0, 0.1) is 5.82 Å². The molecule has 1 fully saturated rings. The van der Waals surface area contributed by atoms with Gasteiger partial charge in [-0.1, -0.05) is 6.07 Å². The van der Waals surface area contributed by atoms with Crippen molar-refractivity contribution in [3.63, 3.8) is 0 Å². The van der Waals surface area contributed by atoms with Crippen molar-refractivity contribution in [1.29, 1.82) is 0 Å². The molecule has 1 aliphatic heterocycles. The molecule has 0 aliphatic carbocycles. The summed E-state index contributed by atoms with van der Waals surface area (Å²) < 4.78 is 12.9. The van der Waals surface area contributed by atoms with Crippen LogP contribution in [-0.4, -0.2) is 18.6 Å². The summed E-state index contributed by atoms with van der Waals surface area (Å²) >= 11 is 0. The van der Waals surface area contributed by atoms with E-state index < -0.39 is 0 Å². The van der Waals surface area contributed by atoms with Gasteiger partial charge >= 0.3 is 0 Å². The molecular formula is C12H17FN2. The van der Waals surface area contributed by atoms with Crippen molar-refractivity contribution in [2.75, 3.05) is 11.9 Å². The van der Waals surface area contributed by atoms with Gasteiger partial charge in [0.15, 0.2) is 0 Å².